The second kappa shape index (κ2) is 26.1. The summed E-state index contributed by atoms with van der Waals surface area (Å²) in [5.74, 6) is 0.364. The zero-order chi connectivity index (χ0) is 24.1. The van der Waals surface area contributed by atoms with Crippen molar-refractivity contribution in [3.63, 3.8) is 0 Å². The van der Waals surface area contributed by atoms with Gasteiger partial charge in [-0.25, -0.2) is 0 Å². The summed E-state index contributed by atoms with van der Waals surface area (Å²) in [6.45, 7) is 10.8. The summed E-state index contributed by atoms with van der Waals surface area (Å²) in [4.78, 5) is 20.8. The van der Waals surface area contributed by atoms with Crippen LogP contribution in [0.25, 0.3) is 0 Å². The van der Waals surface area contributed by atoms with E-state index >= 15 is 0 Å². The maximum absolute atomic E-state index is 10.8. The second-order valence-corrected chi connectivity index (χ2v) is 13.3. The van der Waals surface area contributed by atoms with E-state index in [1.165, 1.54) is 24.6 Å². The lowest BCUT2D eigenvalue weighted by Crippen LogP contribution is -2.28. The van der Waals surface area contributed by atoms with Crippen molar-refractivity contribution in [3.8, 4) is 0 Å². The van der Waals surface area contributed by atoms with Crippen molar-refractivity contribution in [2.75, 3.05) is 11.5 Å². The Morgan fingerprint density at radius 1 is 1.03 bits per heavy atom. The SMILES string of the molecule is CC(C)(Br)C(=O)O.CCCCS.CCCCSC(=S)SC(C)(C)C(=O)O.S=C=S.[B]. The van der Waals surface area contributed by atoms with Gasteiger partial charge in [-0.15, -0.1) is 11.8 Å². The molecule has 0 aliphatic rings. The highest BCUT2D eigenvalue weighted by molar-refractivity contribution is 9.10. The molecule has 0 fully saturated rings. The van der Waals surface area contributed by atoms with Crippen LogP contribution in [0.2, 0.25) is 0 Å². The van der Waals surface area contributed by atoms with Crippen LogP contribution in [-0.4, -0.2) is 59.0 Å². The number of halogens is 1. The Bertz CT molecular complexity index is 492. The van der Waals surface area contributed by atoms with E-state index in [0.717, 1.165) is 27.9 Å². The second-order valence-electron chi connectivity index (χ2n) is 6.31. The smallest absolute Gasteiger partial charge is 0.319 e. The Morgan fingerprint density at radius 2 is 1.40 bits per heavy atom. The van der Waals surface area contributed by atoms with Gasteiger partial charge >= 0.3 is 11.9 Å². The van der Waals surface area contributed by atoms with E-state index in [2.05, 4.69) is 66.8 Å². The van der Waals surface area contributed by atoms with Crippen LogP contribution >= 0.6 is 88.7 Å². The van der Waals surface area contributed by atoms with Crippen LogP contribution < -0.4 is 0 Å². The molecule has 0 atom stereocenters. The van der Waals surface area contributed by atoms with Crippen LogP contribution in [0.4, 0.5) is 0 Å². The fraction of sp³-hybridized carbons (Fsp3) is 0.778. The maximum Gasteiger partial charge on any atom is 0.319 e. The van der Waals surface area contributed by atoms with E-state index in [1.54, 1.807) is 39.5 Å². The van der Waals surface area contributed by atoms with Crippen molar-refractivity contribution < 1.29 is 19.8 Å². The van der Waals surface area contributed by atoms with Gasteiger partial charge in [-0.05, 0) is 76.5 Å². The highest BCUT2D eigenvalue weighted by Gasteiger charge is 2.29. The molecular weight excluding hydrogens is 563 g/mol. The van der Waals surface area contributed by atoms with Crippen LogP contribution in [0.5, 0.6) is 0 Å². The number of hydrogen-bond donors (Lipinski definition) is 3. The highest BCUT2D eigenvalue weighted by atomic mass is 79.9. The lowest BCUT2D eigenvalue weighted by Gasteiger charge is -2.18. The van der Waals surface area contributed by atoms with Crippen molar-refractivity contribution in [2.45, 2.75) is 76.3 Å². The molecule has 0 aromatic heterocycles. The van der Waals surface area contributed by atoms with Gasteiger partial charge in [0.25, 0.3) is 0 Å². The number of thiol groups is 1. The van der Waals surface area contributed by atoms with Crippen molar-refractivity contribution in [2.24, 2.45) is 0 Å². The van der Waals surface area contributed by atoms with E-state index in [1.807, 2.05) is 4.31 Å². The van der Waals surface area contributed by atoms with Gasteiger partial charge in [-0.1, -0.05) is 66.6 Å². The third-order valence-electron chi connectivity index (χ3n) is 2.59. The molecule has 175 valence electrons. The average molecular weight is 597 g/mol. The molecule has 0 spiro atoms. The quantitative estimate of drug-likeness (QED) is 0.0903. The molecule has 0 bridgehead atoms. The molecule has 3 radical (unpaired) electrons. The van der Waals surface area contributed by atoms with Crippen molar-refractivity contribution in [1.82, 2.24) is 0 Å². The highest BCUT2D eigenvalue weighted by Crippen LogP contribution is 2.31. The predicted octanol–water partition coefficient (Wildman–Crippen LogP) is 7.00. The minimum absolute atomic E-state index is 0. The van der Waals surface area contributed by atoms with Crippen molar-refractivity contribution >= 4 is 117 Å². The first-order chi connectivity index (χ1) is 13.2. The number of hydrogen-bond acceptors (Lipinski definition) is 8. The molecule has 2 N–H and O–H groups in total. The first kappa shape index (κ1) is 41.1. The summed E-state index contributed by atoms with van der Waals surface area (Å²) >= 11 is 22.8. The number of carbonyl (C=O) groups is 2. The van der Waals surface area contributed by atoms with E-state index in [4.69, 9.17) is 22.4 Å². The van der Waals surface area contributed by atoms with Gasteiger partial charge in [-0.3, -0.25) is 9.59 Å². The lowest BCUT2D eigenvalue weighted by atomic mass is 10.2. The van der Waals surface area contributed by atoms with Gasteiger partial charge in [0.15, 0.2) is 0 Å². The monoisotopic (exact) mass is 595 g/mol. The average Bonchev–Trinajstić information content (AvgIpc) is 2.56. The molecule has 0 aromatic rings. The summed E-state index contributed by atoms with van der Waals surface area (Å²) in [6, 6.07) is 0. The number of aliphatic carboxylic acids is 2. The number of carboxylic acids is 2. The fourth-order valence-electron chi connectivity index (χ4n) is 0.739. The van der Waals surface area contributed by atoms with E-state index < -0.39 is 21.0 Å². The third-order valence-corrected chi connectivity index (χ3v) is 6.03. The number of carboxylic acid groups (broad SMARTS) is 2. The predicted molar refractivity (Wildman–Crippen MR) is 155 cm³/mol. The molecule has 4 nitrogen and oxygen atoms in total. The molecule has 30 heavy (non-hydrogen) atoms. The molecule has 0 heterocycles. The van der Waals surface area contributed by atoms with Gasteiger partial charge in [-0.2, -0.15) is 12.6 Å². The molecule has 0 rings (SSSR count). The Morgan fingerprint density at radius 3 is 1.60 bits per heavy atom. The number of alkyl halides is 1. The number of rotatable bonds is 8. The van der Waals surface area contributed by atoms with Gasteiger partial charge in [0, 0.05) is 12.7 Å². The number of unbranched alkanes of at least 4 members (excludes halogenated alkanes) is 2. The molecule has 0 aromatic carbocycles. The summed E-state index contributed by atoms with van der Waals surface area (Å²) in [5, 5.41) is 17.1. The first-order valence-electron chi connectivity index (χ1n) is 8.79. The van der Waals surface area contributed by atoms with Crippen LogP contribution in [0.3, 0.4) is 0 Å². The lowest BCUT2D eigenvalue weighted by molar-refractivity contribution is -0.139. The standard InChI is InChI=1S/C9H16O2S3.C4H7BrO2.C4H10S.CS2.B/c1-4-5-6-13-8(12)14-9(2,3)7(10)11;1-4(2,5)3(6)7;1-2-3-4-5;2-1-3;/h4-6H2,1-3H3,(H,10,11);1-2H3,(H,6,7);5H,2-4H2,1H3;;. The van der Waals surface area contributed by atoms with Crippen LogP contribution in [0.1, 0.15) is 67.2 Å². The zero-order valence-electron chi connectivity index (χ0n) is 18.4. The van der Waals surface area contributed by atoms with Crippen LogP contribution in [0, 0.1) is 0 Å². The summed E-state index contributed by atoms with van der Waals surface area (Å²) in [5.41, 5.74) is 0. The Labute approximate surface area is 223 Å². The Kier molecular flexibility index (Phi) is 35.8. The normalized spacial score (nSPS) is 9.60. The third kappa shape index (κ3) is 36.2. The molecule has 0 aliphatic carbocycles. The van der Waals surface area contributed by atoms with Crippen LogP contribution in [0.15, 0.2) is 0 Å². The van der Waals surface area contributed by atoms with Gasteiger partial charge < -0.3 is 10.2 Å². The van der Waals surface area contributed by atoms with Gasteiger partial charge in [0.1, 0.15) is 12.6 Å². The largest absolute Gasteiger partial charge is 0.480 e. The van der Waals surface area contributed by atoms with Crippen LogP contribution in [-0.2, 0) is 9.59 Å². The zero-order valence-corrected chi connectivity index (χ0v) is 25.0. The summed E-state index contributed by atoms with van der Waals surface area (Å²) in [7, 11) is 0. The molecular formula is C18H33BBrO4S6. The van der Waals surface area contributed by atoms with Crippen molar-refractivity contribution in [1.29, 1.82) is 0 Å². The van der Waals surface area contributed by atoms with E-state index in [-0.39, 0.29) is 8.41 Å². The number of thioether (sulfide) groups is 2. The maximum atomic E-state index is 10.8. The minimum atomic E-state index is -0.840. The summed E-state index contributed by atoms with van der Waals surface area (Å²) < 4.78 is 1.06. The molecule has 12 heteroatoms. The first-order valence-corrected chi connectivity index (χ1v) is 13.2. The Balaban J connectivity index is -0.000000109. The Hall–Kier alpha value is 0.845. The summed E-state index contributed by atoms with van der Waals surface area (Å²) in [6.07, 6.45) is 4.79. The minimum Gasteiger partial charge on any atom is -0.480 e. The molecule has 0 saturated carbocycles. The molecule has 0 unspecified atom stereocenters. The van der Waals surface area contributed by atoms with Gasteiger partial charge in [0.05, 0.1) is 0 Å². The van der Waals surface area contributed by atoms with Gasteiger partial charge in [0.2, 0.25) is 0 Å². The topological polar surface area (TPSA) is 74.6 Å². The number of thiocarbonyl (C=S) groups is 3. The van der Waals surface area contributed by atoms with E-state index in [9.17, 15) is 9.59 Å². The molecule has 0 aliphatic heterocycles. The fourth-order valence-corrected chi connectivity index (χ4v) is 4.14. The van der Waals surface area contributed by atoms with E-state index in [0.29, 0.717) is 0 Å². The molecule has 0 amide bonds. The van der Waals surface area contributed by atoms with Crippen molar-refractivity contribution in [3.05, 3.63) is 0 Å². The molecule has 0 saturated heterocycles.